The van der Waals surface area contributed by atoms with Crippen molar-refractivity contribution in [3.05, 3.63) is 70.8 Å². The fraction of sp³-hybridized carbons (Fsp3) is 0.333. The number of halogens is 1. The van der Waals surface area contributed by atoms with Crippen LogP contribution in [0.2, 0.25) is 0 Å². The van der Waals surface area contributed by atoms with E-state index in [4.69, 9.17) is 0 Å². The smallest absolute Gasteiger partial charge is 0.0289 e. The Morgan fingerprint density at radius 2 is 1.11 bits per heavy atom. The molecule has 100 valence electrons. The van der Waals surface area contributed by atoms with Crippen molar-refractivity contribution in [2.75, 3.05) is 0 Å². The van der Waals surface area contributed by atoms with Crippen LogP contribution in [-0.2, 0) is 5.41 Å². The summed E-state index contributed by atoms with van der Waals surface area (Å²) in [6, 6.07) is 17.9. The highest BCUT2D eigenvalue weighted by atomic mass is 127. The lowest BCUT2D eigenvalue weighted by atomic mass is 9.74. The zero-order valence-electron chi connectivity index (χ0n) is 12.1. The van der Waals surface area contributed by atoms with E-state index in [2.05, 4.69) is 98.8 Å². The first-order chi connectivity index (χ1) is 8.94. The van der Waals surface area contributed by atoms with Gasteiger partial charge in [-0.1, -0.05) is 96.1 Å². The van der Waals surface area contributed by atoms with E-state index >= 15 is 0 Å². The summed E-state index contributed by atoms with van der Waals surface area (Å²) in [6.07, 6.45) is 0. The Bertz CT molecular complexity index is 489. The summed E-state index contributed by atoms with van der Waals surface area (Å²) in [5.74, 6) is 0. The Morgan fingerprint density at radius 3 is 1.37 bits per heavy atom. The maximum Gasteiger partial charge on any atom is 0.0289 e. The van der Waals surface area contributed by atoms with Crippen LogP contribution in [0.1, 0.15) is 36.1 Å². The lowest BCUT2D eigenvalue weighted by Crippen LogP contribution is -2.32. The van der Waals surface area contributed by atoms with Crippen LogP contribution >= 0.6 is 22.6 Å². The molecule has 2 rings (SSSR count). The summed E-state index contributed by atoms with van der Waals surface area (Å²) in [5, 5.41) is 0. The Labute approximate surface area is 130 Å². The van der Waals surface area contributed by atoms with Gasteiger partial charge in [0, 0.05) is 9.34 Å². The Hall–Kier alpha value is -0.830. The van der Waals surface area contributed by atoms with Gasteiger partial charge in [0.25, 0.3) is 0 Å². The fourth-order valence-corrected chi connectivity index (χ4v) is 3.14. The summed E-state index contributed by atoms with van der Waals surface area (Å²) in [5.41, 5.74) is 5.47. The Balaban J connectivity index is 2.54. The van der Waals surface area contributed by atoms with Crippen LogP contribution in [-0.4, -0.2) is 3.92 Å². The summed E-state index contributed by atoms with van der Waals surface area (Å²) in [6.45, 7) is 8.92. The van der Waals surface area contributed by atoms with Gasteiger partial charge in [-0.05, 0) is 25.0 Å². The fourth-order valence-electron chi connectivity index (χ4n) is 2.43. The van der Waals surface area contributed by atoms with E-state index in [9.17, 15) is 0 Å². The Kier molecular flexibility index (Phi) is 4.34. The van der Waals surface area contributed by atoms with Crippen molar-refractivity contribution >= 4 is 22.6 Å². The van der Waals surface area contributed by atoms with Gasteiger partial charge >= 0.3 is 0 Å². The molecule has 2 aromatic rings. The van der Waals surface area contributed by atoms with Crippen LogP contribution in [0.3, 0.4) is 0 Å². The highest BCUT2D eigenvalue weighted by Crippen LogP contribution is 2.39. The molecule has 0 spiro atoms. The number of hydrogen-bond acceptors (Lipinski definition) is 0. The number of alkyl halides is 1. The van der Waals surface area contributed by atoms with Gasteiger partial charge in [0.05, 0.1) is 0 Å². The van der Waals surface area contributed by atoms with Crippen molar-refractivity contribution in [1.82, 2.24) is 0 Å². The second-order valence-corrected chi connectivity index (χ2v) is 7.42. The molecule has 0 heterocycles. The monoisotopic (exact) mass is 364 g/mol. The molecular weight excluding hydrogens is 343 g/mol. The number of aryl methyl sites for hydroxylation is 2. The molecule has 0 aromatic heterocycles. The predicted molar refractivity (Wildman–Crippen MR) is 92.3 cm³/mol. The van der Waals surface area contributed by atoms with E-state index in [0.29, 0.717) is 3.92 Å². The second-order valence-electron chi connectivity index (χ2n) is 5.55. The van der Waals surface area contributed by atoms with Gasteiger partial charge in [-0.3, -0.25) is 0 Å². The van der Waals surface area contributed by atoms with Crippen LogP contribution < -0.4 is 0 Å². The molecule has 0 aliphatic rings. The second kappa shape index (κ2) is 5.66. The maximum absolute atomic E-state index is 2.55. The van der Waals surface area contributed by atoms with Crippen LogP contribution in [0.4, 0.5) is 0 Å². The minimum atomic E-state index is 0.0575. The molecule has 0 bridgehead atoms. The van der Waals surface area contributed by atoms with Gasteiger partial charge in [0.15, 0.2) is 0 Å². The molecule has 0 fully saturated rings. The molecule has 1 unspecified atom stereocenters. The average molecular weight is 364 g/mol. The van der Waals surface area contributed by atoms with E-state index in [1.54, 1.807) is 0 Å². The standard InChI is InChI=1S/C18H21I/c1-13-5-9-16(10-6-13)18(4,15(3)19)17-11-7-14(2)8-12-17/h5-12,15H,1-4H3. The van der Waals surface area contributed by atoms with E-state index in [1.807, 2.05) is 0 Å². The van der Waals surface area contributed by atoms with Gasteiger partial charge in [0.1, 0.15) is 0 Å². The molecule has 1 heteroatoms. The highest BCUT2D eigenvalue weighted by Gasteiger charge is 2.33. The van der Waals surface area contributed by atoms with Crippen molar-refractivity contribution in [3.8, 4) is 0 Å². The van der Waals surface area contributed by atoms with E-state index < -0.39 is 0 Å². The zero-order chi connectivity index (χ0) is 14.0. The predicted octanol–water partition coefficient (Wildman–Crippen LogP) is 5.43. The molecule has 1 atom stereocenters. The molecule has 0 saturated heterocycles. The largest absolute Gasteiger partial charge is 0.0816 e. The SMILES string of the molecule is Cc1ccc(C(C)(c2ccc(C)cc2)C(C)I)cc1. The number of rotatable bonds is 3. The molecule has 2 aromatic carbocycles. The normalized spacial score (nSPS) is 13.3. The third-order valence-corrected chi connectivity index (χ3v) is 5.34. The third kappa shape index (κ3) is 2.86. The lowest BCUT2D eigenvalue weighted by molar-refractivity contribution is 0.580. The van der Waals surface area contributed by atoms with Gasteiger partial charge in [-0.25, -0.2) is 0 Å². The van der Waals surface area contributed by atoms with E-state index in [0.717, 1.165) is 0 Å². The van der Waals surface area contributed by atoms with E-state index in [1.165, 1.54) is 22.3 Å². The van der Waals surface area contributed by atoms with Crippen molar-refractivity contribution < 1.29 is 0 Å². The molecule has 0 amide bonds. The highest BCUT2D eigenvalue weighted by molar-refractivity contribution is 14.1. The van der Waals surface area contributed by atoms with Crippen LogP contribution in [0.15, 0.2) is 48.5 Å². The summed E-state index contributed by atoms with van der Waals surface area (Å²) < 4.78 is 0.524. The van der Waals surface area contributed by atoms with Gasteiger partial charge < -0.3 is 0 Å². The molecular formula is C18H21I. The van der Waals surface area contributed by atoms with Gasteiger partial charge in [-0.2, -0.15) is 0 Å². The zero-order valence-corrected chi connectivity index (χ0v) is 14.2. The van der Waals surface area contributed by atoms with Gasteiger partial charge in [0.2, 0.25) is 0 Å². The first kappa shape index (κ1) is 14.6. The summed E-state index contributed by atoms with van der Waals surface area (Å²) >= 11 is 2.55. The molecule has 0 saturated carbocycles. The number of benzene rings is 2. The van der Waals surface area contributed by atoms with Crippen molar-refractivity contribution in [3.63, 3.8) is 0 Å². The molecule has 19 heavy (non-hydrogen) atoms. The lowest BCUT2D eigenvalue weighted by Gasteiger charge is -2.34. The average Bonchev–Trinajstić information content (AvgIpc) is 2.39. The van der Waals surface area contributed by atoms with Crippen molar-refractivity contribution in [2.24, 2.45) is 0 Å². The Morgan fingerprint density at radius 1 is 0.789 bits per heavy atom. The number of hydrogen-bond donors (Lipinski definition) is 0. The topological polar surface area (TPSA) is 0 Å². The minimum absolute atomic E-state index is 0.0575. The first-order valence-electron chi connectivity index (χ1n) is 6.73. The summed E-state index contributed by atoms with van der Waals surface area (Å²) in [7, 11) is 0. The van der Waals surface area contributed by atoms with Crippen molar-refractivity contribution in [1.29, 1.82) is 0 Å². The summed E-state index contributed by atoms with van der Waals surface area (Å²) in [4.78, 5) is 0. The molecule has 0 nitrogen and oxygen atoms in total. The molecule has 0 radical (unpaired) electrons. The van der Waals surface area contributed by atoms with Crippen molar-refractivity contribution in [2.45, 2.75) is 37.0 Å². The minimum Gasteiger partial charge on any atom is -0.0816 e. The quantitative estimate of drug-likeness (QED) is 0.503. The molecule has 0 aliphatic heterocycles. The first-order valence-corrected chi connectivity index (χ1v) is 7.97. The molecule has 0 aliphatic carbocycles. The van der Waals surface area contributed by atoms with E-state index in [-0.39, 0.29) is 5.41 Å². The third-order valence-electron chi connectivity index (χ3n) is 4.10. The maximum atomic E-state index is 2.55. The molecule has 0 N–H and O–H groups in total. The van der Waals surface area contributed by atoms with Crippen LogP contribution in [0.5, 0.6) is 0 Å². The van der Waals surface area contributed by atoms with Gasteiger partial charge in [-0.15, -0.1) is 0 Å². The van der Waals surface area contributed by atoms with Crippen LogP contribution in [0.25, 0.3) is 0 Å². The van der Waals surface area contributed by atoms with Crippen LogP contribution in [0, 0.1) is 13.8 Å².